The second kappa shape index (κ2) is 7.11. The summed E-state index contributed by atoms with van der Waals surface area (Å²) in [6.45, 7) is 2.07. The molecule has 26 heavy (non-hydrogen) atoms. The first kappa shape index (κ1) is 16.5. The monoisotopic (exact) mass is 338 g/mol. The van der Waals surface area contributed by atoms with Crippen molar-refractivity contribution in [1.82, 2.24) is 4.98 Å². The van der Waals surface area contributed by atoms with Gasteiger partial charge >= 0.3 is 0 Å². The first-order valence-electron chi connectivity index (χ1n) is 8.96. The van der Waals surface area contributed by atoms with Crippen LogP contribution >= 0.6 is 0 Å². The van der Waals surface area contributed by atoms with Crippen molar-refractivity contribution in [2.75, 3.05) is 0 Å². The van der Waals surface area contributed by atoms with E-state index in [0.717, 1.165) is 23.1 Å². The third-order valence-electron chi connectivity index (χ3n) is 4.89. The number of aryl methyl sites for hydroxylation is 1. The quantitative estimate of drug-likeness (QED) is 0.537. The fourth-order valence-corrected chi connectivity index (χ4v) is 3.54. The van der Waals surface area contributed by atoms with Gasteiger partial charge in [-0.25, -0.2) is 0 Å². The van der Waals surface area contributed by atoms with Gasteiger partial charge in [0.15, 0.2) is 0 Å². The fourth-order valence-electron chi connectivity index (χ4n) is 3.54. The number of hydrogen-bond donors (Lipinski definition) is 1. The average Bonchev–Trinajstić information content (AvgIpc) is 2.69. The van der Waals surface area contributed by atoms with Gasteiger partial charge < -0.3 is 5.73 Å². The van der Waals surface area contributed by atoms with E-state index in [1.54, 1.807) is 0 Å². The van der Waals surface area contributed by atoms with Gasteiger partial charge in [0.05, 0.1) is 0 Å². The lowest BCUT2D eigenvalue weighted by molar-refractivity contribution is 0.722. The summed E-state index contributed by atoms with van der Waals surface area (Å²) in [4.78, 5) is 4.59. The zero-order chi connectivity index (χ0) is 17.9. The van der Waals surface area contributed by atoms with Crippen LogP contribution in [0.4, 0.5) is 0 Å². The number of fused-ring (bicyclic) bond motifs is 1. The Morgan fingerprint density at radius 2 is 1.65 bits per heavy atom. The van der Waals surface area contributed by atoms with Crippen molar-refractivity contribution in [3.63, 3.8) is 0 Å². The van der Waals surface area contributed by atoms with E-state index in [1.165, 1.54) is 22.1 Å². The largest absolute Gasteiger partial charge is 0.324 e. The number of benzene rings is 3. The van der Waals surface area contributed by atoms with E-state index < -0.39 is 0 Å². The van der Waals surface area contributed by atoms with Gasteiger partial charge in [-0.3, -0.25) is 4.98 Å². The number of aromatic nitrogens is 1. The second-order valence-electron chi connectivity index (χ2n) is 6.73. The van der Waals surface area contributed by atoms with Crippen LogP contribution in [0.2, 0.25) is 0 Å². The number of nitrogens with zero attached hydrogens (tertiary/aromatic N) is 1. The van der Waals surface area contributed by atoms with Crippen LogP contribution in [0.3, 0.4) is 0 Å². The zero-order valence-corrected chi connectivity index (χ0v) is 14.9. The zero-order valence-electron chi connectivity index (χ0n) is 14.9. The fraction of sp³-hybridized carbons (Fsp3) is 0.125. The van der Waals surface area contributed by atoms with E-state index in [1.807, 2.05) is 12.3 Å². The van der Waals surface area contributed by atoms with Gasteiger partial charge in [-0.05, 0) is 41.5 Å². The van der Waals surface area contributed by atoms with Crippen LogP contribution in [-0.4, -0.2) is 4.98 Å². The summed E-state index contributed by atoms with van der Waals surface area (Å²) < 4.78 is 0. The minimum Gasteiger partial charge on any atom is -0.324 e. The van der Waals surface area contributed by atoms with Crippen molar-refractivity contribution in [3.8, 4) is 11.1 Å². The Balaban J connectivity index is 1.74. The molecule has 128 valence electrons. The van der Waals surface area contributed by atoms with Crippen LogP contribution in [0.1, 0.15) is 22.9 Å². The lowest BCUT2D eigenvalue weighted by Gasteiger charge is -2.15. The third kappa shape index (κ3) is 3.24. The molecule has 1 heterocycles. The summed E-state index contributed by atoms with van der Waals surface area (Å²) in [5.41, 5.74) is 12.3. The Hall–Kier alpha value is -2.97. The first-order valence-corrected chi connectivity index (χ1v) is 8.96. The minimum absolute atomic E-state index is 0.0272. The molecule has 0 aliphatic rings. The van der Waals surface area contributed by atoms with Gasteiger partial charge in [-0.2, -0.15) is 0 Å². The average molecular weight is 338 g/mol. The van der Waals surface area contributed by atoms with Crippen molar-refractivity contribution in [3.05, 3.63) is 102 Å². The molecular formula is C24H22N2. The van der Waals surface area contributed by atoms with E-state index in [9.17, 15) is 0 Å². The van der Waals surface area contributed by atoms with Crippen LogP contribution in [-0.2, 0) is 6.42 Å². The molecule has 0 amide bonds. The molecule has 4 aromatic rings. The molecule has 0 radical (unpaired) electrons. The molecule has 0 saturated heterocycles. The van der Waals surface area contributed by atoms with Gasteiger partial charge in [0, 0.05) is 28.9 Å². The van der Waals surface area contributed by atoms with Gasteiger partial charge in [0.2, 0.25) is 0 Å². The number of hydrogen-bond acceptors (Lipinski definition) is 2. The standard InChI is InChI=1S/C24H22N2/c1-17-24(22-13-6-5-10-21(22)16-26-17)20-12-7-11-19(15-20)23(25)14-18-8-3-2-4-9-18/h2-13,15-16,23H,14,25H2,1H3. The molecule has 0 spiro atoms. The lowest BCUT2D eigenvalue weighted by Crippen LogP contribution is -2.13. The maximum Gasteiger partial charge on any atom is 0.0457 e. The number of pyridine rings is 1. The van der Waals surface area contributed by atoms with Crippen LogP contribution in [0.25, 0.3) is 21.9 Å². The number of nitrogens with two attached hydrogens (primary N) is 1. The Labute approximate surface area is 154 Å². The van der Waals surface area contributed by atoms with Gasteiger partial charge in [0.25, 0.3) is 0 Å². The molecule has 4 rings (SSSR count). The molecule has 2 nitrogen and oxygen atoms in total. The normalized spacial score (nSPS) is 12.2. The van der Waals surface area contributed by atoms with Crippen LogP contribution in [0.5, 0.6) is 0 Å². The summed E-state index contributed by atoms with van der Waals surface area (Å²) in [5, 5.41) is 2.39. The number of rotatable bonds is 4. The summed E-state index contributed by atoms with van der Waals surface area (Å²) in [6.07, 6.45) is 2.77. The van der Waals surface area contributed by atoms with Crippen molar-refractivity contribution in [1.29, 1.82) is 0 Å². The Bertz CT molecular complexity index is 1040. The SMILES string of the molecule is Cc1ncc2ccccc2c1-c1cccc(C(N)Cc2ccccc2)c1. The highest BCUT2D eigenvalue weighted by atomic mass is 14.7. The first-order chi connectivity index (χ1) is 12.7. The van der Waals surface area contributed by atoms with Crippen molar-refractivity contribution in [2.45, 2.75) is 19.4 Å². The molecule has 0 fully saturated rings. The molecule has 0 aliphatic heterocycles. The highest BCUT2D eigenvalue weighted by molar-refractivity contribution is 5.97. The van der Waals surface area contributed by atoms with E-state index in [2.05, 4.69) is 84.7 Å². The van der Waals surface area contributed by atoms with E-state index in [0.29, 0.717) is 0 Å². The van der Waals surface area contributed by atoms with Crippen LogP contribution in [0, 0.1) is 6.92 Å². The summed E-state index contributed by atoms with van der Waals surface area (Å²) in [7, 11) is 0. The van der Waals surface area contributed by atoms with Gasteiger partial charge in [-0.1, -0.05) is 72.8 Å². The molecule has 1 unspecified atom stereocenters. The predicted molar refractivity (Wildman–Crippen MR) is 109 cm³/mol. The third-order valence-corrected chi connectivity index (χ3v) is 4.89. The van der Waals surface area contributed by atoms with Crippen molar-refractivity contribution >= 4 is 10.8 Å². The molecule has 1 aromatic heterocycles. The molecule has 2 heteroatoms. The van der Waals surface area contributed by atoms with E-state index in [-0.39, 0.29) is 6.04 Å². The molecule has 0 aliphatic carbocycles. The summed E-state index contributed by atoms with van der Waals surface area (Å²) in [6, 6.07) is 27.4. The Morgan fingerprint density at radius 1 is 0.885 bits per heavy atom. The van der Waals surface area contributed by atoms with Crippen molar-refractivity contribution in [2.24, 2.45) is 5.73 Å². The van der Waals surface area contributed by atoms with Crippen LogP contribution in [0.15, 0.2) is 85.1 Å². The van der Waals surface area contributed by atoms with E-state index >= 15 is 0 Å². The summed E-state index contributed by atoms with van der Waals surface area (Å²) in [5.74, 6) is 0. The smallest absolute Gasteiger partial charge is 0.0457 e. The second-order valence-corrected chi connectivity index (χ2v) is 6.73. The lowest BCUT2D eigenvalue weighted by atomic mass is 9.93. The van der Waals surface area contributed by atoms with Crippen LogP contribution < -0.4 is 5.73 Å². The molecule has 0 bridgehead atoms. The Morgan fingerprint density at radius 3 is 2.50 bits per heavy atom. The molecular weight excluding hydrogens is 316 g/mol. The predicted octanol–water partition coefficient (Wildman–Crippen LogP) is 5.45. The molecule has 0 saturated carbocycles. The maximum atomic E-state index is 6.51. The Kier molecular flexibility index (Phi) is 4.51. The van der Waals surface area contributed by atoms with Crippen molar-refractivity contribution < 1.29 is 0 Å². The maximum absolute atomic E-state index is 6.51. The molecule has 3 aromatic carbocycles. The molecule has 2 N–H and O–H groups in total. The highest BCUT2D eigenvalue weighted by Gasteiger charge is 2.12. The summed E-state index contributed by atoms with van der Waals surface area (Å²) >= 11 is 0. The molecule has 1 atom stereocenters. The topological polar surface area (TPSA) is 38.9 Å². The minimum atomic E-state index is -0.0272. The van der Waals surface area contributed by atoms with Gasteiger partial charge in [0.1, 0.15) is 0 Å². The highest BCUT2D eigenvalue weighted by Crippen LogP contribution is 2.32. The van der Waals surface area contributed by atoms with E-state index in [4.69, 9.17) is 5.73 Å². The van der Waals surface area contributed by atoms with Gasteiger partial charge in [-0.15, -0.1) is 0 Å².